The molecule has 0 aliphatic rings. The van der Waals surface area contributed by atoms with E-state index < -0.39 is 23.0 Å². The molecule has 9 N–H and O–H groups in total. The zero-order valence-corrected chi connectivity index (χ0v) is 9.97. The van der Waals surface area contributed by atoms with Crippen LogP contribution in [0.5, 0.6) is 0 Å². The highest BCUT2D eigenvalue weighted by Crippen LogP contribution is 2.09. The van der Waals surface area contributed by atoms with Crippen molar-refractivity contribution < 1.29 is 14.9 Å². The molecule has 0 rings (SSSR count). The molecule has 1 atom stereocenters. The summed E-state index contributed by atoms with van der Waals surface area (Å²) in [6.07, 6.45) is 0.100. The lowest BCUT2D eigenvalue weighted by molar-refractivity contribution is -0.663. The van der Waals surface area contributed by atoms with Gasteiger partial charge in [-0.3, -0.25) is 4.99 Å². The standard InChI is InChI=1S/C7H16N8O4/c8-6(9)12-3-1-2-4(5(16)17)14(15(18)19)13-7(10)11/h4H,1-3H2,(H,16,17)(H4,8,9,12)(H4,10,11,13). The van der Waals surface area contributed by atoms with Gasteiger partial charge in [-0.15, -0.1) is 0 Å². The summed E-state index contributed by atoms with van der Waals surface area (Å²) < 4.78 is 0. The van der Waals surface area contributed by atoms with Crippen molar-refractivity contribution >= 4 is 17.9 Å². The molecular formula is C7H16N8O4. The zero-order chi connectivity index (χ0) is 15.0. The molecule has 0 aromatic heterocycles. The second kappa shape index (κ2) is 7.52. The maximum atomic E-state index is 11.0. The summed E-state index contributed by atoms with van der Waals surface area (Å²) in [4.78, 5) is 25.3. The monoisotopic (exact) mass is 276 g/mol. The fraction of sp³-hybridized carbons (Fsp3) is 0.571. The van der Waals surface area contributed by atoms with Gasteiger partial charge < -0.3 is 38.2 Å². The second-order valence-electron chi connectivity index (χ2n) is 3.39. The van der Waals surface area contributed by atoms with E-state index in [-0.39, 0.29) is 30.5 Å². The lowest BCUT2D eigenvalue weighted by Crippen LogP contribution is -2.43. The molecule has 0 radical (unpaired) electrons. The van der Waals surface area contributed by atoms with Crippen LogP contribution < -0.4 is 22.9 Å². The number of hydrogen-bond donors (Lipinski definition) is 5. The lowest BCUT2D eigenvalue weighted by Gasteiger charge is -2.16. The van der Waals surface area contributed by atoms with E-state index in [1.165, 1.54) is 0 Å². The second-order valence-corrected chi connectivity index (χ2v) is 3.39. The number of nitro groups is 1. The third-order valence-electron chi connectivity index (χ3n) is 1.88. The number of hydrazine groups is 1. The molecule has 0 fully saturated rings. The van der Waals surface area contributed by atoms with Gasteiger partial charge in [-0.25, -0.2) is 4.79 Å². The van der Waals surface area contributed by atoms with Crippen molar-refractivity contribution in [1.29, 1.82) is 0 Å². The first-order valence-electron chi connectivity index (χ1n) is 5.07. The predicted octanol–water partition coefficient (Wildman–Crippen LogP) is -2.82. The van der Waals surface area contributed by atoms with Gasteiger partial charge in [0.1, 0.15) is 0 Å². The third-order valence-corrected chi connectivity index (χ3v) is 1.88. The first-order valence-corrected chi connectivity index (χ1v) is 5.07. The molecule has 0 bridgehead atoms. The highest BCUT2D eigenvalue weighted by Gasteiger charge is 2.33. The van der Waals surface area contributed by atoms with Crippen LogP contribution in [0, 0.1) is 10.1 Å². The summed E-state index contributed by atoms with van der Waals surface area (Å²) in [7, 11) is 0. The molecule has 0 heterocycles. The maximum absolute atomic E-state index is 11.0. The number of aliphatic carboxylic acids is 1. The summed E-state index contributed by atoms with van der Waals surface area (Å²) in [5.41, 5.74) is 20.2. The van der Waals surface area contributed by atoms with Gasteiger partial charge in [0.05, 0.1) is 10.1 Å². The summed E-state index contributed by atoms with van der Waals surface area (Å²) in [6, 6.07) is -1.52. The first kappa shape index (κ1) is 16.2. The van der Waals surface area contributed by atoms with Crippen molar-refractivity contribution in [2.75, 3.05) is 6.54 Å². The van der Waals surface area contributed by atoms with Gasteiger partial charge in [-0.1, -0.05) is 0 Å². The summed E-state index contributed by atoms with van der Waals surface area (Å²) in [6.45, 7) is 0.138. The van der Waals surface area contributed by atoms with Crippen LogP contribution in [0.1, 0.15) is 12.8 Å². The molecule has 19 heavy (non-hydrogen) atoms. The fourth-order valence-corrected chi connectivity index (χ4v) is 1.17. The van der Waals surface area contributed by atoms with E-state index in [9.17, 15) is 14.9 Å². The molecule has 0 spiro atoms. The lowest BCUT2D eigenvalue weighted by atomic mass is 10.1. The Morgan fingerprint density at radius 3 is 2.26 bits per heavy atom. The van der Waals surface area contributed by atoms with Crippen molar-refractivity contribution in [2.24, 2.45) is 33.0 Å². The topological polar surface area (TPSA) is 212 Å². The molecule has 0 amide bonds. The number of nitrogens with two attached hydrogens (primary N) is 4. The van der Waals surface area contributed by atoms with Crippen LogP contribution in [-0.2, 0) is 4.79 Å². The van der Waals surface area contributed by atoms with Crippen LogP contribution in [0.2, 0.25) is 0 Å². The average molecular weight is 276 g/mol. The Labute approximate surface area is 107 Å². The first-order chi connectivity index (χ1) is 8.75. The van der Waals surface area contributed by atoms with Gasteiger partial charge >= 0.3 is 11.9 Å². The molecule has 108 valence electrons. The van der Waals surface area contributed by atoms with E-state index in [2.05, 4.69) is 10.1 Å². The Morgan fingerprint density at radius 2 is 1.89 bits per heavy atom. The van der Waals surface area contributed by atoms with Crippen molar-refractivity contribution in [1.82, 2.24) is 5.12 Å². The van der Waals surface area contributed by atoms with Crippen LogP contribution in [0.15, 0.2) is 10.1 Å². The molecule has 0 aromatic rings. The predicted molar refractivity (Wildman–Crippen MR) is 66.0 cm³/mol. The van der Waals surface area contributed by atoms with Crippen LogP contribution in [-0.4, -0.2) is 45.7 Å². The van der Waals surface area contributed by atoms with Gasteiger partial charge in [-0.05, 0) is 12.8 Å². The smallest absolute Gasteiger partial charge is 0.334 e. The van der Waals surface area contributed by atoms with Crippen molar-refractivity contribution in [3.63, 3.8) is 0 Å². The molecule has 0 aliphatic heterocycles. The Bertz CT molecular complexity index is 387. The number of carboxylic acid groups (broad SMARTS) is 1. The molecule has 0 aliphatic carbocycles. The Kier molecular flexibility index (Phi) is 6.42. The molecule has 0 saturated carbocycles. The largest absolute Gasteiger partial charge is 0.479 e. The van der Waals surface area contributed by atoms with E-state index >= 15 is 0 Å². The number of rotatable bonds is 8. The van der Waals surface area contributed by atoms with Crippen molar-refractivity contribution in [3.05, 3.63) is 10.1 Å². The SMILES string of the molecule is NC(N)=NCCCC(C(=O)O)N(N=C(N)N)[N+](=O)[O-]. The number of hydrazone groups is 1. The maximum Gasteiger partial charge on any atom is 0.334 e. The normalized spacial score (nSPS) is 11.2. The number of hydrogen-bond acceptors (Lipinski definition) is 5. The molecular weight excluding hydrogens is 260 g/mol. The Morgan fingerprint density at radius 1 is 1.32 bits per heavy atom. The summed E-state index contributed by atoms with van der Waals surface area (Å²) in [5, 5.41) is 21.9. The Balaban J connectivity index is 4.77. The van der Waals surface area contributed by atoms with E-state index in [1.54, 1.807) is 0 Å². The van der Waals surface area contributed by atoms with Crippen LogP contribution in [0.25, 0.3) is 0 Å². The zero-order valence-electron chi connectivity index (χ0n) is 9.97. The number of carbonyl (C=O) groups is 1. The van der Waals surface area contributed by atoms with Gasteiger partial charge in [0.2, 0.25) is 6.04 Å². The fourth-order valence-electron chi connectivity index (χ4n) is 1.17. The number of carboxylic acids is 1. The van der Waals surface area contributed by atoms with Gasteiger partial charge in [0.15, 0.2) is 5.96 Å². The van der Waals surface area contributed by atoms with Gasteiger partial charge in [0.25, 0.3) is 0 Å². The van der Waals surface area contributed by atoms with E-state index in [0.29, 0.717) is 0 Å². The molecule has 0 aromatic carbocycles. The molecule has 12 heteroatoms. The van der Waals surface area contributed by atoms with E-state index in [1.807, 2.05) is 0 Å². The number of nitrogens with zero attached hydrogens (tertiary/aromatic N) is 4. The highest BCUT2D eigenvalue weighted by atomic mass is 16.7. The van der Waals surface area contributed by atoms with Gasteiger partial charge in [-0.2, -0.15) is 0 Å². The van der Waals surface area contributed by atoms with Crippen molar-refractivity contribution in [3.8, 4) is 0 Å². The minimum Gasteiger partial charge on any atom is -0.479 e. The molecule has 1 unspecified atom stereocenters. The van der Waals surface area contributed by atoms with Gasteiger partial charge in [0, 0.05) is 11.7 Å². The third kappa shape index (κ3) is 6.50. The van der Waals surface area contributed by atoms with Crippen LogP contribution in [0.4, 0.5) is 0 Å². The van der Waals surface area contributed by atoms with E-state index in [0.717, 1.165) is 0 Å². The quantitative estimate of drug-likeness (QED) is 0.101. The minimum absolute atomic E-state index is 0.0905. The van der Waals surface area contributed by atoms with Crippen molar-refractivity contribution in [2.45, 2.75) is 18.9 Å². The highest BCUT2D eigenvalue weighted by molar-refractivity contribution is 5.77. The minimum atomic E-state index is -1.52. The summed E-state index contributed by atoms with van der Waals surface area (Å²) in [5.74, 6) is -2.21. The molecule has 12 nitrogen and oxygen atoms in total. The Hall–Kier alpha value is -2.79. The average Bonchev–Trinajstić information content (AvgIpc) is 2.25. The number of aliphatic imine (C=N–C) groups is 1. The summed E-state index contributed by atoms with van der Waals surface area (Å²) >= 11 is 0. The number of guanidine groups is 2. The van der Waals surface area contributed by atoms with Crippen LogP contribution >= 0.6 is 0 Å². The van der Waals surface area contributed by atoms with E-state index in [4.69, 9.17) is 28.0 Å². The molecule has 0 saturated heterocycles. The van der Waals surface area contributed by atoms with Crippen LogP contribution in [0.3, 0.4) is 0 Å².